The molecular formula is C37H28N2O7. The van der Waals surface area contributed by atoms with Crippen LogP contribution in [0.4, 0.5) is 5.69 Å². The Hall–Kier alpha value is -5.57. The zero-order chi connectivity index (χ0) is 31.9. The highest BCUT2D eigenvalue weighted by molar-refractivity contribution is 6.25. The van der Waals surface area contributed by atoms with Crippen molar-refractivity contribution in [3.05, 3.63) is 107 Å². The lowest BCUT2D eigenvalue weighted by Gasteiger charge is -2.42. The SMILES string of the molecule is COc1cccc(C2C3=CCC4C(=O)N(c5ccc(-c6nc7ccccc7o6)cc5)C(=O)C4C3CC3=C2C(=O)C=C(C)C3=O)c1O. The number of ether oxygens (including phenoxy) is 1. The summed E-state index contributed by atoms with van der Waals surface area (Å²) >= 11 is 0. The summed E-state index contributed by atoms with van der Waals surface area (Å²) in [6, 6.07) is 19.5. The predicted octanol–water partition coefficient (Wildman–Crippen LogP) is 5.84. The topological polar surface area (TPSA) is 127 Å². The van der Waals surface area contributed by atoms with E-state index in [-0.39, 0.29) is 41.3 Å². The number of para-hydroxylation sites is 3. The first-order chi connectivity index (χ1) is 22.3. The van der Waals surface area contributed by atoms with Crippen molar-refractivity contribution < 1.29 is 33.4 Å². The third kappa shape index (κ3) is 3.97. The zero-order valence-electron chi connectivity index (χ0n) is 25.0. The van der Waals surface area contributed by atoms with E-state index in [1.165, 1.54) is 18.1 Å². The highest BCUT2D eigenvalue weighted by Gasteiger charge is 2.56. The van der Waals surface area contributed by atoms with E-state index >= 15 is 0 Å². The van der Waals surface area contributed by atoms with Gasteiger partial charge in [-0.1, -0.05) is 35.9 Å². The molecule has 1 N–H and O–H groups in total. The number of phenols is 1. The summed E-state index contributed by atoms with van der Waals surface area (Å²) in [5.74, 6) is -3.31. The molecule has 8 rings (SSSR count). The molecule has 46 heavy (non-hydrogen) atoms. The van der Waals surface area contributed by atoms with E-state index in [1.807, 2.05) is 30.3 Å². The highest BCUT2D eigenvalue weighted by Crippen LogP contribution is 2.57. The number of carbonyl (C=O) groups is 4. The fourth-order valence-corrected chi connectivity index (χ4v) is 7.68. The van der Waals surface area contributed by atoms with E-state index in [4.69, 9.17) is 9.15 Å². The van der Waals surface area contributed by atoms with E-state index in [1.54, 1.807) is 49.4 Å². The van der Waals surface area contributed by atoms with Crippen molar-refractivity contribution in [2.45, 2.75) is 25.7 Å². The number of hydrogen-bond acceptors (Lipinski definition) is 8. The number of oxazole rings is 1. The lowest BCUT2D eigenvalue weighted by molar-refractivity contribution is -0.123. The van der Waals surface area contributed by atoms with Gasteiger partial charge in [0.2, 0.25) is 17.7 Å². The number of rotatable bonds is 4. The van der Waals surface area contributed by atoms with Crippen molar-refractivity contribution >= 4 is 40.2 Å². The molecule has 4 aromatic rings. The molecule has 1 aromatic heterocycles. The monoisotopic (exact) mass is 612 g/mol. The lowest BCUT2D eigenvalue weighted by atomic mass is 9.59. The van der Waals surface area contributed by atoms with Gasteiger partial charge in [0.25, 0.3) is 0 Å². The number of aromatic hydroxyl groups is 1. The van der Waals surface area contributed by atoms with Crippen molar-refractivity contribution in [2.24, 2.45) is 17.8 Å². The Morgan fingerprint density at radius 2 is 1.72 bits per heavy atom. The number of methoxy groups -OCH3 is 1. The minimum Gasteiger partial charge on any atom is -0.504 e. The Bertz CT molecular complexity index is 2080. The first-order valence-corrected chi connectivity index (χ1v) is 15.2. The number of aromatic nitrogens is 1. The standard InChI is InChI=1S/C37H28N2O7/c1-18-16-27(40)32-25(33(18)41)17-24-21(30(32)22-6-5-9-29(45-2)34(22)42)14-15-23-31(24)37(44)39(36(23)43)20-12-10-19(11-13-20)35-38-26-7-3-4-8-28(26)46-35/h3-14,16,23-24,30-31,42H,15,17H2,1-2H3. The lowest BCUT2D eigenvalue weighted by Crippen LogP contribution is -2.39. The number of Topliss-reactive ketones (excluding diaryl/α,β-unsaturated/α-hetero) is 1. The number of benzene rings is 3. The molecule has 1 saturated heterocycles. The van der Waals surface area contributed by atoms with Crippen LogP contribution in [0.1, 0.15) is 31.2 Å². The van der Waals surface area contributed by atoms with E-state index in [2.05, 4.69) is 4.98 Å². The van der Waals surface area contributed by atoms with Gasteiger partial charge in [-0.25, -0.2) is 4.98 Å². The summed E-state index contributed by atoms with van der Waals surface area (Å²) in [5.41, 5.74) is 4.67. The molecule has 1 aliphatic heterocycles. The summed E-state index contributed by atoms with van der Waals surface area (Å²) in [6.07, 6.45) is 3.71. The molecule has 228 valence electrons. The van der Waals surface area contributed by atoms with Crippen LogP contribution in [0.2, 0.25) is 0 Å². The van der Waals surface area contributed by atoms with Crippen molar-refractivity contribution in [2.75, 3.05) is 12.0 Å². The molecule has 3 aliphatic carbocycles. The second-order valence-electron chi connectivity index (χ2n) is 12.2. The number of hydrogen-bond donors (Lipinski definition) is 1. The van der Waals surface area contributed by atoms with E-state index < -0.39 is 23.7 Å². The molecular weight excluding hydrogens is 584 g/mol. The van der Waals surface area contributed by atoms with Crippen LogP contribution in [-0.2, 0) is 19.2 Å². The number of imide groups is 1. The Morgan fingerprint density at radius 1 is 0.935 bits per heavy atom. The van der Waals surface area contributed by atoms with Gasteiger partial charge in [0, 0.05) is 33.8 Å². The van der Waals surface area contributed by atoms with Gasteiger partial charge in [-0.3, -0.25) is 24.1 Å². The van der Waals surface area contributed by atoms with Gasteiger partial charge in [-0.05, 0) is 74.2 Å². The van der Waals surface area contributed by atoms with E-state index in [0.717, 1.165) is 11.1 Å². The van der Waals surface area contributed by atoms with Crippen molar-refractivity contribution in [3.8, 4) is 23.0 Å². The van der Waals surface area contributed by atoms with Crippen LogP contribution >= 0.6 is 0 Å². The molecule has 9 nitrogen and oxygen atoms in total. The minimum atomic E-state index is -0.766. The van der Waals surface area contributed by atoms with Crippen LogP contribution in [0, 0.1) is 17.8 Å². The first-order valence-electron chi connectivity index (χ1n) is 15.2. The Morgan fingerprint density at radius 3 is 2.48 bits per heavy atom. The Kier molecular flexibility index (Phi) is 6.22. The average Bonchev–Trinajstić information content (AvgIpc) is 3.61. The third-order valence-corrected chi connectivity index (χ3v) is 9.79. The second-order valence-corrected chi connectivity index (χ2v) is 12.2. The van der Waals surface area contributed by atoms with E-state index in [9.17, 15) is 24.3 Å². The minimum absolute atomic E-state index is 0.133. The molecule has 0 saturated carbocycles. The summed E-state index contributed by atoms with van der Waals surface area (Å²) < 4.78 is 11.2. The van der Waals surface area contributed by atoms with Gasteiger partial charge in [-0.2, -0.15) is 0 Å². The molecule has 0 spiro atoms. The molecule has 1 fully saturated rings. The quantitative estimate of drug-likeness (QED) is 0.173. The van der Waals surface area contributed by atoms with Gasteiger partial charge in [0.1, 0.15) is 5.52 Å². The normalized spacial score (nSPS) is 24.1. The third-order valence-electron chi connectivity index (χ3n) is 9.79. The van der Waals surface area contributed by atoms with Gasteiger partial charge in [0.15, 0.2) is 28.6 Å². The molecule has 3 aromatic carbocycles. The number of fused-ring (bicyclic) bond motifs is 4. The Balaban J connectivity index is 1.18. The average molecular weight is 613 g/mol. The fraction of sp³-hybridized carbons (Fsp3) is 0.216. The molecule has 4 aliphatic rings. The van der Waals surface area contributed by atoms with Crippen LogP contribution in [0.25, 0.3) is 22.6 Å². The zero-order valence-corrected chi connectivity index (χ0v) is 25.0. The van der Waals surface area contributed by atoms with Crippen molar-refractivity contribution in [3.63, 3.8) is 0 Å². The van der Waals surface area contributed by atoms with Crippen LogP contribution in [0.5, 0.6) is 11.5 Å². The van der Waals surface area contributed by atoms with Gasteiger partial charge in [-0.15, -0.1) is 0 Å². The van der Waals surface area contributed by atoms with Gasteiger partial charge < -0.3 is 14.3 Å². The first kappa shape index (κ1) is 27.9. The maximum Gasteiger partial charge on any atom is 0.238 e. The largest absolute Gasteiger partial charge is 0.504 e. The number of allylic oxidation sites excluding steroid dienone is 6. The smallest absolute Gasteiger partial charge is 0.238 e. The molecule has 4 unspecified atom stereocenters. The summed E-state index contributed by atoms with van der Waals surface area (Å²) in [7, 11) is 1.44. The molecule has 0 bridgehead atoms. The molecule has 2 amide bonds. The maximum atomic E-state index is 14.3. The number of amides is 2. The van der Waals surface area contributed by atoms with E-state index in [0.29, 0.717) is 51.4 Å². The highest BCUT2D eigenvalue weighted by atomic mass is 16.5. The molecule has 9 heteroatoms. The van der Waals surface area contributed by atoms with Crippen molar-refractivity contribution in [1.29, 1.82) is 0 Å². The van der Waals surface area contributed by atoms with Crippen molar-refractivity contribution in [1.82, 2.24) is 4.98 Å². The molecule has 2 heterocycles. The number of nitrogens with zero attached hydrogens (tertiary/aromatic N) is 2. The summed E-state index contributed by atoms with van der Waals surface area (Å²) in [6.45, 7) is 1.60. The second kappa shape index (κ2) is 10.2. The maximum absolute atomic E-state index is 14.3. The van der Waals surface area contributed by atoms with Crippen LogP contribution in [-0.4, -0.2) is 40.6 Å². The van der Waals surface area contributed by atoms with Crippen LogP contribution < -0.4 is 9.64 Å². The van der Waals surface area contributed by atoms with Crippen LogP contribution in [0.3, 0.4) is 0 Å². The van der Waals surface area contributed by atoms with Gasteiger partial charge >= 0.3 is 0 Å². The molecule has 0 radical (unpaired) electrons. The fourth-order valence-electron chi connectivity index (χ4n) is 7.68. The Labute approximate surface area is 263 Å². The summed E-state index contributed by atoms with van der Waals surface area (Å²) in [4.78, 5) is 61.0. The predicted molar refractivity (Wildman–Crippen MR) is 168 cm³/mol. The number of carbonyl (C=O) groups excluding carboxylic acids is 4. The number of phenolic OH excluding ortho intramolecular Hbond substituents is 1. The van der Waals surface area contributed by atoms with Crippen LogP contribution in [0.15, 0.2) is 106 Å². The van der Waals surface area contributed by atoms with Gasteiger partial charge in [0.05, 0.1) is 24.6 Å². The molecule has 4 atom stereocenters. The number of ketones is 2. The number of anilines is 1. The summed E-state index contributed by atoms with van der Waals surface area (Å²) in [5, 5.41) is 11.2.